The van der Waals surface area contributed by atoms with E-state index in [-0.39, 0.29) is 29.4 Å². The number of hydrogen-bond donors (Lipinski definition) is 5. The van der Waals surface area contributed by atoms with E-state index in [0.29, 0.717) is 18.7 Å². The van der Waals surface area contributed by atoms with Crippen LogP contribution in [0.25, 0.3) is 0 Å². The van der Waals surface area contributed by atoms with E-state index in [1.54, 1.807) is 6.07 Å². The second-order valence-corrected chi connectivity index (χ2v) is 9.71. The normalized spacial score (nSPS) is 15.4. The quantitative estimate of drug-likeness (QED) is 0.320. The van der Waals surface area contributed by atoms with Gasteiger partial charge in [-0.15, -0.1) is 0 Å². The Kier molecular flexibility index (Phi) is 9.41. The predicted octanol–water partition coefficient (Wildman–Crippen LogP) is 1.68. The Morgan fingerprint density at radius 3 is 2.65 bits per heavy atom. The number of carbonyl (C=O) groups excluding carboxylic acids is 1. The smallest absolute Gasteiger partial charge is 0.224 e. The fraction of sp³-hybridized carbons (Fsp3) is 0.538. The average molecular weight is 471 g/mol. The zero-order valence-electron chi connectivity index (χ0n) is 20.3. The van der Waals surface area contributed by atoms with Crippen molar-refractivity contribution < 1.29 is 20.1 Å². The third-order valence-corrected chi connectivity index (χ3v) is 6.19. The molecule has 1 fully saturated rings. The van der Waals surface area contributed by atoms with Crippen molar-refractivity contribution >= 4 is 5.91 Å². The second kappa shape index (κ2) is 12.3. The molecule has 0 radical (unpaired) electrons. The minimum absolute atomic E-state index is 0.0421. The van der Waals surface area contributed by atoms with Crippen LogP contribution in [-0.4, -0.2) is 69.4 Å². The first-order valence-electron chi connectivity index (χ1n) is 12.1. The number of aliphatic hydroxyl groups excluding tert-OH is 2. The molecule has 0 aliphatic carbocycles. The summed E-state index contributed by atoms with van der Waals surface area (Å²) in [6.45, 7) is 7.86. The van der Waals surface area contributed by atoms with Crippen LogP contribution in [0.15, 0.2) is 36.4 Å². The van der Waals surface area contributed by atoms with E-state index < -0.39 is 12.7 Å². The number of pyridine rings is 1. The molecule has 1 amide bonds. The number of nitrogens with one attached hydrogen (secondary N) is 2. The van der Waals surface area contributed by atoms with Crippen LogP contribution in [0.3, 0.4) is 0 Å². The Labute approximate surface area is 202 Å². The van der Waals surface area contributed by atoms with Crippen molar-refractivity contribution in [2.75, 3.05) is 32.7 Å². The van der Waals surface area contributed by atoms with Crippen LogP contribution < -0.4 is 10.6 Å². The molecule has 5 N–H and O–H groups in total. The van der Waals surface area contributed by atoms with Gasteiger partial charge in [-0.25, -0.2) is 4.98 Å². The van der Waals surface area contributed by atoms with E-state index in [4.69, 9.17) is 0 Å². The molecule has 1 atom stereocenters. The zero-order valence-corrected chi connectivity index (χ0v) is 20.3. The highest BCUT2D eigenvalue weighted by Crippen LogP contribution is 2.20. The Morgan fingerprint density at radius 1 is 1.18 bits per heavy atom. The van der Waals surface area contributed by atoms with Crippen molar-refractivity contribution in [2.24, 2.45) is 0 Å². The molecule has 1 unspecified atom stereocenters. The summed E-state index contributed by atoms with van der Waals surface area (Å²) in [4.78, 5) is 18.9. The van der Waals surface area contributed by atoms with Crippen molar-refractivity contribution in [1.82, 2.24) is 20.5 Å². The molecule has 0 spiro atoms. The van der Waals surface area contributed by atoms with Gasteiger partial charge in [-0.1, -0.05) is 24.3 Å². The Hall–Kier alpha value is -2.52. The number of aromatic hydroxyl groups is 1. The molecular weight excluding hydrogens is 432 g/mol. The Bertz CT molecular complexity index is 944. The van der Waals surface area contributed by atoms with E-state index in [1.165, 1.54) is 18.9 Å². The molecule has 2 aromatic rings. The summed E-state index contributed by atoms with van der Waals surface area (Å²) in [5.41, 5.74) is 2.32. The maximum Gasteiger partial charge on any atom is 0.224 e. The molecule has 1 aromatic carbocycles. The Balaban J connectivity index is 1.48. The van der Waals surface area contributed by atoms with Gasteiger partial charge >= 0.3 is 0 Å². The SMILES string of the molecule is CC(C)(Cc1cccc(CC(=O)NCCN2CCCC2)c1)NCC(O)c1ccc(O)c(CO)n1. The fourth-order valence-corrected chi connectivity index (χ4v) is 4.32. The van der Waals surface area contributed by atoms with Gasteiger partial charge in [0.1, 0.15) is 17.5 Å². The molecule has 1 aliphatic heterocycles. The highest BCUT2D eigenvalue weighted by Gasteiger charge is 2.21. The number of benzene rings is 1. The first-order valence-corrected chi connectivity index (χ1v) is 12.1. The third-order valence-electron chi connectivity index (χ3n) is 6.19. The maximum atomic E-state index is 12.4. The molecule has 0 bridgehead atoms. The Morgan fingerprint density at radius 2 is 1.91 bits per heavy atom. The van der Waals surface area contributed by atoms with Crippen LogP contribution in [0.5, 0.6) is 5.75 Å². The number of amides is 1. The molecule has 0 saturated carbocycles. The van der Waals surface area contributed by atoms with E-state index >= 15 is 0 Å². The van der Waals surface area contributed by atoms with E-state index in [0.717, 1.165) is 37.2 Å². The maximum absolute atomic E-state index is 12.4. The molecule has 2 heterocycles. The van der Waals surface area contributed by atoms with Crippen molar-refractivity contribution in [3.05, 3.63) is 58.9 Å². The number of rotatable bonds is 12. The van der Waals surface area contributed by atoms with Crippen molar-refractivity contribution in [1.29, 1.82) is 0 Å². The van der Waals surface area contributed by atoms with Crippen molar-refractivity contribution in [3.8, 4) is 5.75 Å². The summed E-state index contributed by atoms with van der Waals surface area (Å²) in [6, 6.07) is 11.0. The average Bonchev–Trinajstić information content (AvgIpc) is 3.31. The number of aromatic nitrogens is 1. The van der Waals surface area contributed by atoms with Gasteiger partial charge in [0.05, 0.1) is 18.7 Å². The van der Waals surface area contributed by atoms with Crippen LogP contribution in [0.2, 0.25) is 0 Å². The molecule has 1 aliphatic rings. The molecular formula is C26H38N4O4. The number of aliphatic hydroxyl groups is 2. The highest BCUT2D eigenvalue weighted by atomic mass is 16.3. The summed E-state index contributed by atoms with van der Waals surface area (Å²) in [5, 5.41) is 35.8. The molecule has 34 heavy (non-hydrogen) atoms. The molecule has 1 aromatic heterocycles. The summed E-state index contributed by atoms with van der Waals surface area (Å²) < 4.78 is 0. The van der Waals surface area contributed by atoms with Gasteiger partial charge in [-0.2, -0.15) is 0 Å². The summed E-state index contributed by atoms with van der Waals surface area (Å²) in [6.07, 6.45) is 2.71. The van der Waals surface area contributed by atoms with Gasteiger partial charge in [0.2, 0.25) is 5.91 Å². The second-order valence-electron chi connectivity index (χ2n) is 9.71. The minimum Gasteiger partial charge on any atom is -0.506 e. The number of nitrogens with zero attached hydrogens (tertiary/aromatic N) is 2. The molecule has 186 valence electrons. The standard InChI is InChI=1S/C26H38N4O4/c1-26(2,28-17-24(33)21-8-9-23(32)22(18-31)29-21)16-20-7-5-6-19(14-20)15-25(34)27-10-13-30-11-3-4-12-30/h5-9,14,24,28,31-33H,3-4,10-13,15-18H2,1-2H3,(H,27,34). The largest absolute Gasteiger partial charge is 0.506 e. The fourth-order valence-electron chi connectivity index (χ4n) is 4.32. The topological polar surface area (TPSA) is 118 Å². The van der Waals surface area contributed by atoms with Crippen molar-refractivity contribution in [3.63, 3.8) is 0 Å². The number of likely N-dealkylation sites (tertiary alicyclic amines) is 1. The summed E-state index contributed by atoms with van der Waals surface area (Å²) in [7, 11) is 0. The van der Waals surface area contributed by atoms with Gasteiger partial charge < -0.3 is 30.9 Å². The zero-order chi connectivity index (χ0) is 24.6. The number of carbonyl (C=O) groups is 1. The lowest BCUT2D eigenvalue weighted by atomic mass is 9.93. The number of β-amino-alcohol motifs (C(OH)–C–C–N with tert-alkyl or cyclic N) is 1. The van der Waals surface area contributed by atoms with Crippen LogP contribution in [0.4, 0.5) is 0 Å². The summed E-state index contributed by atoms with van der Waals surface area (Å²) >= 11 is 0. The first-order chi connectivity index (χ1) is 16.3. The van der Waals surface area contributed by atoms with Crippen LogP contribution in [0, 0.1) is 0 Å². The van der Waals surface area contributed by atoms with Gasteiger partial charge in [-0.05, 0) is 69.5 Å². The number of hydrogen-bond acceptors (Lipinski definition) is 7. The van der Waals surface area contributed by atoms with Crippen LogP contribution in [-0.2, 0) is 24.2 Å². The highest BCUT2D eigenvalue weighted by molar-refractivity contribution is 5.78. The first kappa shape index (κ1) is 26.1. The van der Waals surface area contributed by atoms with Gasteiger partial charge in [0.15, 0.2) is 0 Å². The molecule has 1 saturated heterocycles. The summed E-state index contributed by atoms with van der Waals surface area (Å²) in [5.74, 6) is -0.0487. The lowest BCUT2D eigenvalue weighted by molar-refractivity contribution is -0.120. The van der Waals surface area contributed by atoms with E-state index in [9.17, 15) is 20.1 Å². The van der Waals surface area contributed by atoms with Gasteiger partial charge in [-0.3, -0.25) is 4.79 Å². The van der Waals surface area contributed by atoms with E-state index in [2.05, 4.69) is 40.4 Å². The third kappa shape index (κ3) is 8.06. The van der Waals surface area contributed by atoms with E-state index in [1.807, 2.05) is 18.2 Å². The lowest BCUT2D eigenvalue weighted by Crippen LogP contribution is -2.43. The van der Waals surface area contributed by atoms with Crippen molar-refractivity contribution in [2.45, 2.75) is 57.8 Å². The van der Waals surface area contributed by atoms with Gasteiger partial charge in [0.25, 0.3) is 0 Å². The molecule has 3 rings (SSSR count). The van der Waals surface area contributed by atoms with Crippen LogP contribution >= 0.6 is 0 Å². The molecule has 8 heteroatoms. The lowest BCUT2D eigenvalue weighted by Gasteiger charge is -2.28. The monoisotopic (exact) mass is 470 g/mol. The van der Waals surface area contributed by atoms with Crippen LogP contribution in [0.1, 0.15) is 55.3 Å². The van der Waals surface area contributed by atoms with Gasteiger partial charge in [0, 0.05) is 25.2 Å². The predicted molar refractivity (Wildman–Crippen MR) is 131 cm³/mol. The minimum atomic E-state index is -0.874. The molecule has 8 nitrogen and oxygen atoms in total.